The average Bonchev–Trinajstić information content (AvgIpc) is 2.51. The average molecular weight is 272 g/mol. The van der Waals surface area contributed by atoms with Gasteiger partial charge in [0.05, 0.1) is 18.8 Å². The molecular formula is C15H28O4. The first-order chi connectivity index (χ1) is 9.31. The predicted molar refractivity (Wildman–Crippen MR) is 73.3 cm³/mol. The Morgan fingerprint density at radius 3 is 2.53 bits per heavy atom. The first kappa shape index (κ1) is 15.2. The molecule has 0 amide bonds. The maximum atomic E-state index is 6.24. The summed E-state index contributed by atoms with van der Waals surface area (Å²) in [5, 5.41) is 0. The van der Waals surface area contributed by atoms with Crippen LogP contribution in [0.2, 0.25) is 0 Å². The van der Waals surface area contributed by atoms with E-state index in [0.29, 0.717) is 12.5 Å². The van der Waals surface area contributed by atoms with Crippen LogP contribution in [0.5, 0.6) is 0 Å². The van der Waals surface area contributed by atoms with Crippen molar-refractivity contribution in [2.45, 2.75) is 63.4 Å². The van der Waals surface area contributed by atoms with Crippen molar-refractivity contribution in [1.82, 2.24) is 0 Å². The maximum absolute atomic E-state index is 6.24. The Hall–Kier alpha value is -0.160. The summed E-state index contributed by atoms with van der Waals surface area (Å²) in [7, 11) is 3.54. The van der Waals surface area contributed by atoms with Gasteiger partial charge in [-0.15, -0.1) is 0 Å². The lowest BCUT2D eigenvalue weighted by atomic mass is 9.82. The number of ether oxygens (including phenoxy) is 4. The van der Waals surface area contributed by atoms with Crippen molar-refractivity contribution in [3.63, 3.8) is 0 Å². The van der Waals surface area contributed by atoms with Crippen LogP contribution in [-0.4, -0.2) is 51.8 Å². The molecule has 0 aromatic heterocycles. The van der Waals surface area contributed by atoms with Crippen LogP contribution >= 0.6 is 0 Å². The van der Waals surface area contributed by atoms with Crippen LogP contribution in [0.25, 0.3) is 0 Å². The van der Waals surface area contributed by atoms with E-state index in [1.54, 1.807) is 14.2 Å². The highest BCUT2D eigenvalue weighted by Gasteiger charge is 2.45. The largest absolute Gasteiger partial charge is 0.379 e. The first-order valence-electron chi connectivity index (χ1n) is 7.60. The van der Waals surface area contributed by atoms with Gasteiger partial charge in [-0.1, -0.05) is 19.8 Å². The van der Waals surface area contributed by atoms with Gasteiger partial charge in [-0.25, -0.2) is 0 Å². The summed E-state index contributed by atoms with van der Waals surface area (Å²) in [6, 6.07) is 0. The van der Waals surface area contributed by atoms with E-state index in [1.165, 1.54) is 12.8 Å². The highest BCUT2D eigenvalue weighted by Crippen LogP contribution is 2.35. The molecular weight excluding hydrogens is 244 g/mol. The van der Waals surface area contributed by atoms with Gasteiger partial charge in [0.1, 0.15) is 12.2 Å². The minimum absolute atomic E-state index is 0.00532. The zero-order chi connectivity index (χ0) is 13.7. The lowest BCUT2D eigenvalue weighted by Gasteiger charge is -2.45. The Bertz CT molecular complexity index is 259. The van der Waals surface area contributed by atoms with Gasteiger partial charge in [-0.2, -0.15) is 0 Å². The minimum atomic E-state index is -0.0177. The zero-order valence-electron chi connectivity index (χ0n) is 12.5. The molecule has 4 nitrogen and oxygen atoms in total. The van der Waals surface area contributed by atoms with Crippen molar-refractivity contribution < 1.29 is 18.9 Å². The smallest absolute Gasteiger partial charge is 0.112 e. The van der Waals surface area contributed by atoms with Gasteiger partial charge in [0, 0.05) is 26.7 Å². The molecule has 5 atom stereocenters. The van der Waals surface area contributed by atoms with Crippen LogP contribution in [0.1, 0.15) is 39.0 Å². The summed E-state index contributed by atoms with van der Waals surface area (Å²) >= 11 is 0. The molecule has 3 aliphatic rings. The summed E-state index contributed by atoms with van der Waals surface area (Å²) in [6.07, 6.45) is 6.14. The second kappa shape index (κ2) is 7.58. The van der Waals surface area contributed by atoms with Gasteiger partial charge in [0.15, 0.2) is 0 Å². The fourth-order valence-corrected chi connectivity index (χ4v) is 3.51. The van der Waals surface area contributed by atoms with E-state index >= 15 is 0 Å². The van der Waals surface area contributed by atoms with E-state index in [0.717, 1.165) is 25.9 Å². The molecule has 4 heteroatoms. The molecule has 0 radical (unpaired) electrons. The first-order valence-corrected chi connectivity index (χ1v) is 7.60. The number of rotatable bonds is 3. The lowest BCUT2D eigenvalue weighted by molar-refractivity contribution is -0.228. The van der Waals surface area contributed by atoms with Gasteiger partial charge in [-0.05, 0) is 19.3 Å². The van der Waals surface area contributed by atoms with Crippen molar-refractivity contribution in [1.29, 1.82) is 0 Å². The summed E-state index contributed by atoms with van der Waals surface area (Å²) in [5.74, 6) is 0.439. The monoisotopic (exact) mass is 272 g/mol. The molecule has 5 unspecified atom stereocenters. The van der Waals surface area contributed by atoms with E-state index in [1.807, 2.05) is 0 Å². The van der Waals surface area contributed by atoms with Gasteiger partial charge < -0.3 is 18.9 Å². The SMILES string of the molecule is CCC1OC2COCCCCCC1C(OC)C2OC. The van der Waals surface area contributed by atoms with Gasteiger partial charge in [0.2, 0.25) is 0 Å². The summed E-state index contributed by atoms with van der Waals surface area (Å²) < 4.78 is 23.4. The van der Waals surface area contributed by atoms with Crippen molar-refractivity contribution in [3.8, 4) is 0 Å². The normalized spacial score (nSPS) is 40.9. The molecule has 0 N–H and O–H groups in total. The van der Waals surface area contributed by atoms with E-state index in [9.17, 15) is 0 Å². The third kappa shape index (κ3) is 3.48. The van der Waals surface area contributed by atoms with Crippen LogP contribution in [0.15, 0.2) is 0 Å². The Morgan fingerprint density at radius 2 is 1.84 bits per heavy atom. The van der Waals surface area contributed by atoms with Crippen molar-refractivity contribution in [2.75, 3.05) is 27.4 Å². The van der Waals surface area contributed by atoms with Crippen molar-refractivity contribution >= 4 is 0 Å². The maximum Gasteiger partial charge on any atom is 0.112 e. The topological polar surface area (TPSA) is 36.9 Å². The van der Waals surface area contributed by atoms with E-state index < -0.39 is 0 Å². The lowest BCUT2D eigenvalue weighted by Crippen LogP contribution is -2.57. The minimum Gasteiger partial charge on any atom is -0.379 e. The molecule has 2 bridgehead atoms. The second-order valence-corrected chi connectivity index (χ2v) is 5.61. The molecule has 3 aliphatic heterocycles. The molecule has 3 saturated heterocycles. The van der Waals surface area contributed by atoms with Crippen LogP contribution in [0, 0.1) is 5.92 Å². The fraction of sp³-hybridized carbons (Fsp3) is 1.00. The van der Waals surface area contributed by atoms with Gasteiger partial charge >= 0.3 is 0 Å². The fourth-order valence-electron chi connectivity index (χ4n) is 3.51. The Morgan fingerprint density at radius 1 is 1.05 bits per heavy atom. The predicted octanol–water partition coefficient (Wildman–Crippen LogP) is 2.40. The zero-order valence-corrected chi connectivity index (χ0v) is 12.5. The number of hydrogen-bond donors (Lipinski definition) is 0. The molecule has 0 spiro atoms. The van der Waals surface area contributed by atoms with E-state index in [-0.39, 0.29) is 24.4 Å². The van der Waals surface area contributed by atoms with Crippen LogP contribution in [-0.2, 0) is 18.9 Å². The third-order valence-electron chi connectivity index (χ3n) is 4.49. The Balaban J connectivity index is 2.19. The van der Waals surface area contributed by atoms with Crippen LogP contribution in [0.3, 0.4) is 0 Å². The number of methoxy groups -OCH3 is 2. The van der Waals surface area contributed by atoms with E-state index in [4.69, 9.17) is 18.9 Å². The molecule has 19 heavy (non-hydrogen) atoms. The van der Waals surface area contributed by atoms with Crippen molar-refractivity contribution in [2.24, 2.45) is 5.92 Å². The van der Waals surface area contributed by atoms with E-state index in [2.05, 4.69) is 6.92 Å². The molecule has 3 heterocycles. The van der Waals surface area contributed by atoms with Crippen molar-refractivity contribution in [3.05, 3.63) is 0 Å². The Labute approximate surface area is 116 Å². The summed E-state index contributed by atoms with van der Waals surface area (Å²) in [6.45, 7) is 3.63. The standard InChI is InChI=1S/C15H28O4/c1-4-12-11-8-6-5-7-9-18-10-13(19-12)15(17-3)14(11)16-2/h11-15H,4-10H2,1-3H3. The quantitative estimate of drug-likeness (QED) is 0.790. The molecule has 3 fully saturated rings. The molecule has 112 valence electrons. The molecule has 0 aromatic carbocycles. The molecule has 0 saturated carbocycles. The number of hydrogen-bond acceptors (Lipinski definition) is 4. The third-order valence-corrected chi connectivity index (χ3v) is 4.49. The van der Waals surface area contributed by atoms with Crippen LogP contribution in [0.4, 0.5) is 0 Å². The van der Waals surface area contributed by atoms with Gasteiger partial charge in [0.25, 0.3) is 0 Å². The highest BCUT2D eigenvalue weighted by molar-refractivity contribution is 4.93. The number of fused-ring (bicyclic) bond motifs is 8. The molecule has 0 aliphatic carbocycles. The molecule has 3 rings (SSSR count). The molecule has 0 aromatic rings. The second-order valence-electron chi connectivity index (χ2n) is 5.61. The Kier molecular flexibility index (Phi) is 6.07. The summed E-state index contributed by atoms with van der Waals surface area (Å²) in [4.78, 5) is 0. The summed E-state index contributed by atoms with van der Waals surface area (Å²) in [5.41, 5.74) is 0. The highest BCUT2D eigenvalue weighted by atomic mass is 16.6. The van der Waals surface area contributed by atoms with Crippen LogP contribution < -0.4 is 0 Å². The van der Waals surface area contributed by atoms with Gasteiger partial charge in [-0.3, -0.25) is 0 Å².